The van der Waals surface area contributed by atoms with Crippen LogP contribution in [0.5, 0.6) is 0 Å². The van der Waals surface area contributed by atoms with E-state index in [0.717, 1.165) is 12.5 Å². The Hall–Kier alpha value is -2.31. The predicted octanol–water partition coefficient (Wildman–Crippen LogP) is 1.62. The number of carbonyl (C=O) groups is 3. The van der Waals surface area contributed by atoms with Gasteiger partial charge in [0.15, 0.2) is 11.5 Å². The fourth-order valence-electron chi connectivity index (χ4n) is 2.00. The second-order valence-corrected chi connectivity index (χ2v) is 4.57. The van der Waals surface area contributed by atoms with Gasteiger partial charge in [0.05, 0.1) is 33.0 Å². The Morgan fingerprint density at radius 2 is 1.82 bits per heavy atom. The summed E-state index contributed by atoms with van der Waals surface area (Å²) in [7, 11) is 3.98. The van der Waals surface area contributed by atoms with Gasteiger partial charge in [0, 0.05) is 6.42 Å². The van der Waals surface area contributed by atoms with Crippen molar-refractivity contribution in [3.8, 4) is 0 Å². The molecule has 0 spiro atoms. The molecule has 0 saturated carbocycles. The van der Waals surface area contributed by atoms with Gasteiger partial charge >= 0.3 is 17.9 Å². The van der Waals surface area contributed by atoms with Crippen LogP contribution in [0.4, 0.5) is 0 Å². The largest absolute Gasteiger partial charge is 0.492 e. The van der Waals surface area contributed by atoms with Crippen molar-refractivity contribution in [1.82, 2.24) is 0 Å². The second kappa shape index (κ2) is 8.86. The summed E-state index contributed by atoms with van der Waals surface area (Å²) in [5, 5.41) is 0. The molecule has 0 bridgehead atoms. The minimum absolute atomic E-state index is 0.0592. The molecule has 7 heteroatoms. The molecule has 0 saturated heterocycles. The van der Waals surface area contributed by atoms with Crippen LogP contribution in [0.15, 0.2) is 23.2 Å². The number of ether oxygens (including phenoxy) is 4. The van der Waals surface area contributed by atoms with Crippen LogP contribution in [0.25, 0.3) is 0 Å². The number of carbonyl (C=O) groups excluding carboxylic acids is 3. The highest BCUT2D eigenvalue weighted by Gasteiger charge is 2.31. The monoisotopic (exact) mass is 312 g/mol. The molecule has 22 heavy (non-hydrogen) atoms. The lowest BCUT2D eigenvalue weighted by molar-refractivity contribution is -0.141. The maximum atomic E-state index is 11.8. The van der Waals surface area contributed by atoms with Gasteiger partial charge in [-0.3, -0.25) is 4.79 Å². The molecule has 0 aromatic rings. The number of rotatable bonds is 8. The van der Waals surface area contributed by atoms with E-state index in [1.54, 1.807) is 0 Å². The highest BCUT2D eigenvalue weighted by atomic mass is 16.6. The third-order valence-electron chi connectivity index (χ3n) is 3.14. The zero-order valence-corrected chi connectivity index (χ0v) is 13.0. The normalized spacial score (nSPS) is 15.8. The fraction of sp³-hybridized carbons (Fsp3) is 0.533. The van der Waals surface area contributed by atoms with Crippen molar-refractivity contribution in [2.45, 2.75) is 32.1 Å². The maximum absolute atomic E-state index is 11.8. The fourth-order valence-corrected chi connectivity index (χ4v) is 2.00. The number of unbranched alkanes of at least 4 members (excludes halogenated alkanes) is 2. The van der Waals surface area contributed by atoms with Gasteiger partial charge in [-0.1, -0.05) is 6.42 Å². The van der Waals surface area contributed by atoms with Crippen LogP contribution in [0.1, 0.15) is 32.1 Å². The van der Waals surface area contributed by atoms with Crippen LogP contribution < -0.4 is 0 Å². The summed E-state index contributed by atoms with van der Waals surface area (Å²) < 4.78 is 19.2. The number of methoxy groups -OCH3 is 3. The molecule has 0 N–H and O–H groups in total. The third-order valence-corrected chi connectivity index (χ3v) is 3.14. The smallest absolute Gasteiger partial charge is 0.343 e. The highest BCUT2D eigenvalue weighted by molar-refractivity contribution is 5.95. The Morgan fingerprint density at radius 1 is 1.09 bits per heavy atom. The molecule has 1 aliphatic heterocycles. The van der Waals surface area contributed by atoms with E-state index < -0.39 is 11.9 Å². The Bertz CT molecular complexity index is 502. The van der Waals surface area contributed by atoms with E-state index in [1.807, 2.05) is 0 Å². The Labute approximate surface area is 128 Å². The molecule has 1 aliphatic rings. The van der Waals surface area contributed by atoms with Gasteiger partial charge < -0.3 is 18.9 Å². The van der Waals surface area contributed by atoms with E-state index in [0.29, 0.717) is 31.3 Å². The molecule has 122 valence electrons. The van der Waals surface area contributed by atoms with Crippen molar-refractivity contribution in [3.63, 3.8) is 0 Å². The molecular weight excluding hydrogens is 292 g/mol. The van der Waals surface area contributed by atoms with Crippen LogP contribution in [0.2, 0.25) is 0 Å². The summed E-state index contributed by atoms with van der Waals surface area (Å²) >= 11 is 0. The Kier molecular flexibility index (Phi) is 7.15. The van der Waals surface area contributed by atoms with Gasteiger partial charge in [-0.2, -0.15) is 0 Å². The first-order chi connectivity index (χ1) is 10.5. The summed E-state index contributed by atoms with van der Waals surface area (Å²) in [6.07, 6.45) is 4.01. The lowest BCUT2D eigenvalue weighted by Crippen LogP contribution is -2.01. The van der Waals surface area contributed by atoms with E-state index >= 15 is 0 Å². The quantitative estimate of drug-likeness (QED) is 0.291. The van der Waals surface area contributed by atoms with Gasteiger partial charge in [-0.15, -0.1) is 0 Å². The zero-order valence-electron chi connectivity index (χ0n) is 13.0. The number of cyclic esters (lactones) is 1. The Morgan fingerprint density at radius 3 is 2.41 bits per heavy atom. The van der Waals surface area contributed by atoms with Crippen molar-refractivity contribution in [2.75, 3.05) is 21.3 Å². The molecule has 0 radical (unpaired) electrons. The van der Waals surface area contributed by atoms with E-state index in [9.17, 15) is 14.4 Å². The molecule has 0 aromatic carbocycles. The van der Waals surface area contributed by atoms with E-state index in [1.165, 1.54) is 21.3 Å². The molecule has 0 aliphatic carbocycles. The minimum Gasteiger partial charge on any atom is -0.492 e. The van der Waals surface area contributed by atoms with Crippen LogP contribution in [-0.2, 0) is 33.3 Å². The van der Waals surface area contributed by atoms with Crippen molar-refractivity contribution >= 4 is 17.9 Å². The van der Waals surface area contributed by atoms with Gasteiger partial charge in [0.1, 0.15) is 0 Å². The lowest BCUT2D eigenvalue weighted by Gasteiger charge is -2.03. The highest BCUT2D eigenvalue weighted by Crippen LogP contribution is 2.30. The average Bonchev–Trinajstić information content (AvgIpc) is 2.81. The number of hydrogen-bond donors (Lipinski definition) is 0. The van der Waals surface area contributed by atoms with E-state index in [2.05, 4.69) is 9.47 Å². The summed E-state index contributed by atoms with van der Waals surface area (Å²) in [6, 6.07) is 0. The lowest BCUT2D eigenvalue weighted by atomic mass is 10.1. The first kappa shape index (κ1) is 17.7. The molecule has 0 amide bonds. The zero-order chi connectivity index (χ0) is 16.5. The SMILES string of the molecule is COC(=O)/C=C1/OC(=O)C(CCCCCC(=O)OC)=C1OC. The van der Waals surface area contributed by atoms with Crippen molar-refractivity contribution in [3.05, 3.63) is 23.2 Å². The molecular formula is C15H20O7. The summed E-state index contributed by atoms with van der Waals surface area (Å²) in [5.41, 5.74) is 0.385. The van der Waals surface area contributed by atoms with Crippen LogP contribution in [0, 0.1) is 0 Å². The summed E-state index contributed by atoms with van der Waals surface area (Å²) in [6.45, 7) is 0. The molecule has 0 unspecified atom stereocenters. The van der Waals surface area contributed by atoms with Crippen molar-refractivity contribution in [1.29, 1.82) is 0 Å². The molecule has 0 fully saturated rings. The van der Waals surface area contributed by atoms with E-state index in [4.69, 9.17) is 9.47 Å². The van der Waals surface area contributed by atoms with Crippen molar-refractivity contribution < 1.29 is 33.3 Å². The van der Waals surface area contributed by atoms with Gasteiger partial charge in [-0.05, 0) is 19.3 Å². The van der Waals surface area contributed by atoms with Crippen LogP contribution >= 0.6 is 0 Å². The van der Waals surface area contributed by atoms with Gasteiger partial charge in [0.25, 0.3) is 0 Å². The van der Waals surface area contributed by atoms with Crippen molar-refractivity contribution in [2.24, 2.45) is 0 Å². The first-order valence-corrected chi connectivity index (χ1v) is 6.89. The predicted molar refractivity (Wildman–Crippen MR) is 75.3 cm³/mol. The molecule has 1 heterocycles. The van der Waals surface area contributed by atoms with Crippen LogP contribution in [0.3, 0.4) is 0 Å². The molecule has 0 atom stereocenters. The standard InChI is InChI=1S/C15H20O7/c1-19-12(16)8-6-4-5-7-10-14(21-3)11(22-15(10)18)9-13(17)20-2/h9H,4-8H2,1-3H3/b11-9+. The molecule has 7 nitrogen and oxygen atoms in total. The first-order valence-electron chi connectivity index (χ1n) is 6.89. The number of hydrogen-bond acceptors (Lipinski definition) is 7. The molecule has 0 aromatic heterocycles. The number of esters is 3. The van der Waals surface area contributed by atoms with Gasteiger partial charge in [-0.25, -0.2) is 9.59 Å². The topological polar surface area (TPSA) is 88.1 Å². The Balaban J connectivity index is 2.60. The maximum Gasteiger partial charge on any atom is 0.343 e. The van der Waals surface area contributed by atoms with Gasteiger partial charge in [0.2, 0.25) is 0 Å². The second-order valence-electron chi connectivity index (χ2n) is 4.57. The minimum atomic E-state index is -0.628. The van der Waals surface area contributed by atoms with E-state index in [-0.39, 0.29) is 17.5 Å². The summed E-state index contributed by atoms with van der Waals surface area (Å²) in [5.74, 6) is -1.09. The molecule has 1 rings (SSSR count). The summed E-state index contributed by atoms with van der Waals surface area (Å²) in [4.78, 5) is 34.0. The third kappa shape index (κ3) is 4.91. The average molecular weight is 312 g/mol. The van der Waals surface area contributed by atoms with Crippen LogP contribution in [-0.4, -0.2) is 39.2 Å².